The number of fused-ring (bicyclic) bond motifs is 1. The molecular formula is C15H21NO3. The van der Waals surface area contributed by atoms with Gasteiger partial charge in [-0.1, -0.05) is 6.07 Å². The summed E-state index contributed by atoms with van der Waals surface area (Å²) < 4.78 is 17.2. The van der Waals surface area contributed by atoms with Gasteiger partial charge in [0.2, 0.25) is 0 Å². The standard InChI is InChI=1S/C15H21NO3/c1-15(2)8-13(16)12-4-3-10(7-14(12)19-15)18-11-5-6-17-9-11/h3-4,7,11,13H,5-6,8-9,16H2,1-2H3. The summed E-state index contributed by atoms with van der Waals surface area (Å²) in [7, 11) is 0. The van der Waals surface area contributed by atoms with Crippen molar-refractivity contribution in [1.82, 2.24) is 0 Å². The largest absolute Gasteiger partial charge is 0.488 e. The molecule has 0 spiro atoms. The molecule has 1 aromatic carbocycles. The highest BCUT2D eigenvalue weighted by molar-refractivity contribution is 5.44. The van der Waals surface area contributed by atoms with E-state index in [9.17, 15) is 0 Å². The number of benzene rings is 1. The zero-order valence-corrected chi connectivity index (χ0v) is 11.5. The van der Waals surface area contributed by atoms with Crippen molar-refractivity contribution < 1.29 is 14.2 Å². The van der Waals surface area contributed by atoms with Gasteiger partial charge in [-0.05, 0) is 19.9 Å². The first-order valence-corrected chi connectivity index (χ1v) is 6.86. The highest BCUT2D eigenvalue weighted by Gasteiger charge is 2.32. The smallest absolute Gasteiger partial charge is 0.128 e. The van der Waals surface area contributed by atoms with Crippen molar-refractivity contribution in [2.75, 3.05) is 13.2 Å². The topological polar surface area (TPSA) is 53.7 Å². The molecule has 0 saturated carbocycles. The summed E-state index contributed by atoms with van der Waals surface area (Å²) in [6, 6.07) is 5.97. The third kappa shape index (κ3) is 2.69. The second kappa shape index (κ2) is 4.69. The van der Waals surface area contributed by atoms with Crippen LogP contribution in [0.15, 0.2) is 18.2 Å². The molecule has 2 N–H and O–H groups in total. The Morgan fingerprint density at radius 3 is 2.95 bits per heavy atom. The summed E-state index contributed by atoms with van der Waals surface area (Å²) in [6.45, 7) is 5.58. The lowest BCUT2D eigenvalue weighted by molar-refractivity contribution is 0.0719. The predicted molar refractivity (Wildman–Crippen MR) is 72.5 cm³/mol. The lowest BCUT2D eigenvalue weighted by atomic mass is 9.90. The summed E-state index contributed by atoms with van der Waals surface area (Å²) in [4.78, 5) is 0. The van der Waals surface area contributed by atoms with Crippen LogP contribution in [0.5, 0.6) is 11.5 Å². The third-order valence-electron chi connectivity index (χ3n) is 3.67. The molecular weight excluding hydrogens is 242 g/mol. The third-order valence-corrected chi connectivity index (χ3v) is 3.67. The number of nitrogens with two attached hydrogens (primary N) is 1. The van der Waals surface area contributed by atoms with Gasteiger partial charge >= 0.3 is 0 Å². The van der Waals surface area contributed by atoms with Crippen LogP contribution in [0.3, 0.4) is 0 Å². The maximum atomic E-state index is 6.19. The van der Waals surface area contributed by atoms with Crippen molar-refractivity contribution in [2.24, 2.45) is 5.73 Å². The van der Waals surface area contributed by atoms with Gasteiger partial charge in [-0.15, -0.1) is 0 Å². The quantitative estimate of drug-likeness (QED) is 0.890. The van der Waals surface area contributed by atoms with Crippen LogP contribution in [-0.4, -0.2) is 24.9 Å². The lowest BCUT2D eigenvalue weighted by Gasteiger charge is -2.36. The maximum Gasteiger partial charge on any atom is 0.128 e. The fourth-order valence-electron chi connectivity index (χ4n) is 2.76. The van der Waals surface area contributed by atoms with Crippen LogP contribution in [0.4, 0.5) is 0 Å². The monoisotopic (exact) mass is 263 g/mol. The van der Waals surface area contributed by atoms with Gasteiger partial charge in [0, 0.05) is 30.5 Å². The number of hydrogen-bond acceptors (Lipinski definition) is 4. The SMILES string of the molecule is CC1(C)CC(N)c2ccc(OC3CCOC3)cc2O1. The van der Waals surface area contributed by atoms with Crippen LogP contribution < -0.4 is 15.2 Å². The highest BCUT2D eigenvalue weighted by atomic mass is 16.5. The van der Waals surface area contributed by atoms with Crippen molar-refractivity contribution in [1.29, 1.82) is 0 Å². The first kappa shape index (κ1) is 12.8. The molecule has 2 heterocycles. The van der Waals surface area contributed by atoms with E-state index in [0.717, 1.165) is 36.5 Å². The molecule has 4 heteroatoms. The van der Waals surface area contributed by atoms with Gasteiger partial charge in [-0.25, -0.2) is 0 Å². The highest BCUT2D eigenvalue weighted by Crippen LogP contribution is 2.40. The molecule has 104 valence electrons. The van der Waals surface area contributed by atoms with Gasteiger partial charge in [0.15, 0.2) is 0 Å². The minimum absolute atomic E-state index is 0.0302. The van der Waals surface area contributed by atoms with Gasteiger partial charge in [-0.2, -0.15) is 0 Å². The molecule has 0 amide bonds. The lowest BCUT2D eigenvalue weighted by Crippen LogP contribution is -2.37. The van der Waals surface area contributed by atoms with Gasteiger partial charge in [0.1, 0.15) is 23.2 Å². The molecule has 19 heavy (non-hydrogen) atoms. The first-order chi connectivity index (χ1) is 9.03. The van der Waals surface area contributed by atoms with Crippen molar-refractivity contribution in [3.8, 4) is 11.5 Å². The fraction of sp³-hybridized carbons (Fsp3) is 0.600. The van der Waals surface area contributed by atoms with Crippen molar-refractivity contribution in [2.45, 2.75) is 44.4 Å². The minimum Gasteiger partial charge on any atom is -0.488 e. The second-order valence-corrected chi connectivity index (χ2v) is 5.98. The summed E-state index contributed by atoms with van der Waals surface area (Å²) in [5.74, 6) is 1.68. The van der Waals surface area contributed by atoms with E-state index >= 15 is 0 Å². The molecule has 0 bridgehead atoms. The van der Waals surface area contributed by atoms with E-state index in [2.05, 4.69) is 13.8 Å². The van der Waals surface area contributed by atoms with Gasteiger partial charge in [0.05, 0.1) is 13.2 Å². The van der Waals surface area contributed by atoms with Crippen molar-refractivity contribution in [3.05, 3.63) is 23.8 Å². The zero-order valence-electron chi connectivity index (χ0n) is 11.5. The average molecular weight is 263 g/mol. The number of hydrogen-bond donors (Lipinski definition) is 1. The average Bonchev–Trinajstić information content (AvgIpc) is 2.79. The molecule has 1 fully saturated rings. The maximum absolute atomic E-state index is 6.19. The Kier molecular flexibility index (Phi) is 3.15. The molecule has 0 aliphatic carbocycles. The first-order valence-electron chi connectivity index (χ1n) is 6.86. The Bertz CT molecular complexity index is 466. The Labute approximate surface area is 113 Å². The summed E-state index contributed by atoms with van der Waals surface area (Å²) in [5.41, 5.74) is 7.04. The number of ether oxygens (including phenoxy) is 3. The Balaban J connectivity index is 1.82. The summed E-state index contributed by atoms with van der Waals surface area (Å²) >= 11 is 0. The predicted octanol–water partition coefficient (Wildman–Crippen LogP) is 2.42. The van der Waals surface area contributed by atoms with Crippen LogP contribution in [0, 0.1) is 0 Å². The van der Waals surface area contributed by atoms with E-state index in [1.54, 1.807) is 0 Å². The Morgan fingerprint density at radius 1 is 1.37 bits per heavy atom. The van der Waals surface area contributed by atoms with Gasteiger partial charge in [0.25, 0.3) is 0 Å². The minimum atomic E-state index is -0.221. The van der Waals surface area contributed by atoms with E-state index in [-0.39, 0.29) is 17.7 Å². The zero-order chi connectivity index (χ0) is 13.5. The molecule has 0 radical (unpaired) electrons. The molecule has 3 rings (SSSR count). The summed E-state index contributed by atoms with van der Waals surface area (Å²) in [5, 5.41) is 0. The van der Waals surface area contributed by atoms with E-state index in [0.29, 0.717) is 6.61 Å². The Morgan fingerprint density at radius 2 is 2.21 bits per heavy atom. The molecule has 2 aliphatic heterocycles. The molecule has 1 aromatic rings. The summed E-state index contributed by atoms with van der Waals surface area (Å²) in [6.07, 6.45) is 1.93. The fourth-order valence-corrected chi connectivity index (χ4v) is 2.76. The van der Waals surface area contributed by atoms with Crippen molar-refractivity contribution in [3.63, 3.8) is 0 Å². The van der Waals surface area contributed by atoms with Gasteiger partial charge < -0.3 is 19.9 Å². The normalized spacial score (nSPS) is 28.6. The molecule has 1 saturated heterocycles. The molecule has 2 unspecified atom stereocenters. The van der Waals surface area contributed by atoms with Crippen LogP contribution >= 0.6 is 0 Å². The van der Waals surface area contributed by atoms with Crippen LogP contribution in [0.2, 0.25) is 0 Å². The van der Waals surface area contributed by atoms with Crippen molar-refractivity contribution >= 4 is 0 Å². The van der Waals surface area contributed by atoms with E-state index in [1.165, 1.54) is 0 Å². The second-order valence-electron chi connectivity index (χ2n) is 5.98. The van der Waals surface area contributed by atoms with E-state index in [1.807, 2.05) is 18.2 Å². The molecule has 4 nitrogen and oxygen atoms in total. The van der Waals surface area contributed by atoms with Gasteiger partial charge in [-0.3, -0.25) is 0 Å². The van der Waals surface area contributed by atoms with Crippen LogP contribution in [0.1, 0.15) is 38.3 Å². The molecule has 0 aromatic heterocycles. The Hall–Kier alpha value is -1.26. The number of rotatable bonds is 2. The van der Waals surface area contributed by atoms with Crippen LogP contribution in [-0.2, 0) is 4.74 Å². The van der Waals surface area contributed by atoms with E-state index < -0.39 is 0 Å². The van der Waals surface area contributed by atoms with E-state index in [4.69, 9.17) is 19.9 Å². The molecule has 2 atom stereocenters. The molecule has 2 aliphatic rings. The van der Waals surface area contributed by atoms with Crippen LogP contribution in [0.25, 0.3) is 0 Å².